The van der Waals surface area contributed by atoms with Crippen molar-refractivity contribution in [3.05, 3.63) is 70.8 Å². The number of rotatable bonds is 12. The summed E-state index contributed by atoms with van der Waals surface area (Å²) in [7, 11) is 0. The molecule has 1 atom stereocenters. The number of aliphatic hydroxyl groups is 2. The highest BCUT2D eigenvalue weighted by Crippen LogP contribution is 2.39. The van der Waals surface area contributed by atoms with Crippen LogP contribution in [0.3, 0.4) is 0 Å². The maximum absolute atomic E-state index is 11.2. The van der Waals surface area contributed by atoms with E-state index in [4.69, 9.17) is 0 Å². The second-order valence-corrected chi connectivity index (χ2v) is 7.98. The van der Waals surface area contributed by atoms with Crippen molar-refractivity contribution in [2.45, 2.75) is 90.3 Å². The van der Waals surface area contributed by atoms with Crippen molar-refractivity contribution in [1.82, 2.24) is 0 Å². The molecular weight excluding hydrogens is 344 g/mol. The molecule has 0 aliphatic carbocycles. The first-order valence-corrected chi connectivity index (χ1v) is 11.2. The molecule has 154 valence electrons. The van der Waals surface area contributed by atoms with E-state index in [1.807, 2.05) is 24.3 Å². The van der Waals surface area contributed by atoms with Crippen LogP contribution in [0.25, 0.3) is 0 Å². The summed E-state index contributed by atoms with van der Waals surface area (Å²) in [6.07, 6.45) is 9.91. The average molecular weight is 383 g/mol. The largest absolute Gasteiger partial charge is 0.361 e. The van der Waals surface area contributed by atoms with E-state index in [0.717, 1.165) is 37.7 Å². The van der Waals surface area contributed by atoms with Crippen molar-refractivity contribution < 1.29 is 10.2 Å². The number of hydrogen-bond acceptors (Lipinski definition) is 2. The van der Waals surface area contributed by atoms with Crippen LogP contribution in [0.1, 0.15) is 93.9 Å². The zero-order valence-corrected chi connectivity index (χ0v) is 18.0. The maximum Gasteiger partial charge on any atom is 0.196 e. The van der Waals surface area contributed by atoms with Gasteiger partial charge in [-0.1, -0.05) is 108 Å². The molecule has 2 nitrogen and oxygen atoms in total. The van der Waals surface area contributed by atoms with Crippen LogP contribution in [-0.4, -0.2) is 10.2 Å². The van der Waals surface area contributed by atoms with Gasteiger partial charge in [-0.05, 0) is 36.0 Å². The zero-order chi connectivity index (χ0) is 20.4. The molecule has 0 saturated carbocycles. The molecule has 0 radical (unpaired) electrons. The number of benzene rings is 2. The van der Waals surface area contributed by atoms with Crippen molar-refractivity contribution in [2.24, 2.45) is 0 Å². The van der Waals surface area contributed by atoms with Crippen molar-refractivity contribution in [1.29, 1.82) is 0 Å². The molecule has 0 aliphatic rings. The highest BCUT2D eigenvalue weighted by Gasteiger charge is 2.37. The number of hydrogen-bond donors (Lipinski definition) is 2. The minimum atomic E-state index is -1.86. The maximum atomic E-state index is 11.2. The molecule has 0 bridgehead atoms. The summed E-state index contributed by atoms with van der Waals surface area (Å²) >= 11 is 0. The summed E-state index contributed by atoms with van der Waals surface area (Å²) in [5.74, 6) is -2.18. The summed E-state index contributed by atoms with van der Waals surface area (Å²) in [5, 5.41) is 22.4. The topological polar surface area (TPSA) is 40.5 Å². The molecule has 0 saturated heterocycles. The zero-order valence-electron chi connectivity index (χ0n) is 18.0. The lowest BCUT2D eigenvalue weighted by molar-refractivity contribution is -0.190. The summed E-state index contributed by atoms with van der Waals surface area (Å²) in [4.78, 5) is 0. The average Bonchev–Trinajstić information content (AvgIpc) is 2.73. The van der Waals surface area contributed by atoms with Crippen LogP contribution in [0, 0.1) is 0 Å². The van der Waals surface area contributed by atoms with Crippen LogP contribution in [0.4, 0.5) is 0 Å². The highest BCUT2D eigenvalue weighted by molar-refractivity contribution is 5.32. The van der Waals surface area contributed by atoms with E-state index in [0.29, 0.717) is 5.56 Å². The minimum absolute atomic E-state index is 0.322. The molecule has 0 aromatic heterocycles. The fourth-order valence-electron chi connectivity index (χ4n) is 3.90. The lowest BCUT2D eigenvalue weighted by Gasteiger charge is -2.32. The van der Waals surface area contributed by atoms with Gasteiger partial charge >= 0.3 is 0 Å². The van der Waals surface area contributed by atoms with E-state index in [1.165, 1.54) is 36.8 Å². The third kappa shape index (κ3) is 6.18. The van der Waals surface area contributed by atoms with E-state index in [1.54, 1.807) is 0 Å². The van der Waals surface area contributed by atoms with E-state index in [9.17, 15) is 10.2 Å². The van der Waals surface area contributed by atoms with Gasteiger partial charge in [-0.2, -0.15) is 0 Å². The Morgan fingerprint density at radius 2 is 1.18 bits per heavy atom. The molecule has 28 heavy (non-hydrogen) atoms. The van der Waals surface area contributed by atoms with Gasteiger partial charge in [0.1, 0.15) is 0 Å². The molecule has 0 aliphatic heterocycles. The Hall–Kier alpha value is -1.64. The standard InChI is InChI=1S/C26H38O2/c1-4-7-8-9-10-11-12-25(23-17-13-21(5-2)14-18-23)26(27,28)24-19-15-22(6-3)16-20-24/h13-20,25,27-28H,4-12H2,1-3H3. The predicted octanol–water partition coefficient (Wildman–Crippen LogP) is 6.48. The molecule has 1 unspecified atom stereocenters. The van der Waals surface area contributed by atoms with Gasteiger partial charge in [0.25, 0.3) is 0 Å². The smallest absolute Gasteiger partial charge is 0.196 e. The Bertz CT molecular complexity index is 671. The van der Waals surface area contributed by atoms with Gasteiger partial charge in [0.2, 0.25) is 0 Å². The van der Waals surface area contributed by atoms with Gasteiger partial charge in [0.15, 0.2) is 5.79 Å². The summed E-state index contributed by atoms with van der Waals surface area (Å²) < 4.78 is 0. The second kappa shape index (κ2) is 11.4. The predicted molar refractivity (Wildman–Crippen MR) is 118 cm³/mol. The number of aryl methyl sites for hydroxylation is 2. The Morgan fingerprint density at radius 1 is 0.679 bits per heavy atom. The molecule has 2 rings (SSSR count). The molecule has 0 fully saturated rings. The van der Waals surface area contributed by atoms with Gasteiger partial charge in [0.05, 0.1) is 0 Å². The van der Waals surface area contributed by atoms with Crippen LogP contribution in [0.5, 0.6) is 0 Å². The molecule has 2 N–H and O–H groups in total. The fourth-order valence-corrected chi connectivity index (χ4v) is 3.90. The Labute approximate surface area is 171 Å². The van der Waals surface area contributed by atoms with Gasteiger partial charge in [-0.25, -0.2) is 0 Å². The van der Waals surface area contributed by atoms with Gasteiger partial charge < -0.3 is 10.2 Å². The Morgan fingerprint density at radius 3 is 1.71 bits per heavy atom. The van der Waals surface area contributed by atoms with Crippen LogP contribution in [0.2, 0.25) is 0 Å². The van der Waals surface area contributed by atoms with Crippen LogP contribution >= 0.6 is 0 Å². The van der Waals surface area contributed by atoms with E-state index < -0.39 is 5.79 Å². The van der Waals surface area contributed by atoms with Gasteiger partial charge in [0, 0.05) is 11.5 Å². The molecule has 0 amide bonds. The van der Waals surface area contributed by atoms with Crippen molar-refractivity contribution in [3.63, 3.8) is 0 Å². The van der Waals surface area contributed by atoms with E-state index >= 15 is 0 Å². The lowest BCUT2D eigenvalue weighted by Crippen LogP contribution is -2.33. The molecular formula is C26H38O2. The molecule has 0 spiro atoms. The van der Waals surface area contributed by atoms with Crippen molar-refractivity contribution in [2.75, 3.05) is 0 Å². The summed E-state index contributed by atoms with van der Waals surface area (Å²) in [6, 6.07) is 16.1. The number of unbranched alkanes of at least 4 members (excludes halogenated alkanes) is 5. The van der Waals surface area contributed by atoms with E-state index in [2.05, 4.69) is 45.0 Å². The summed E-state index contributed by atoms with van der Waals surface area (Å²) in [6.45, 7) is 6.48. The van der Waals surface area contributed by atoms with E-state index in [-0.39, 0.29) is 5.92 Å². The fraction of sp³-hybridized carbons (Fsp3) is 0.538. The molecule has 2 aromatic carbocycles. The molecule has 2 heteroatoms. The Balaban J connectivity index is 2.19. The minimum Gasteiger partial charge on any atom is -0.361 e. The molecule has 2 aromatic rings. The molecule has 0 heterocycles. The Kier molecular flexibility index (Phi) is 9.21. The first kappa shape index (κ1) is 22.6. The monoisotopic (exact) mass is 382 g/mol. The van der Waals surface area contributed by atoms with Crippen LogP contribution in [0.15, 0.2) is 48.5 Å². The van der Waals surface area contributed by atoms with Crippen molar-refractivity contribution >= 4 is 0 Å². The van der Waals surface area contributed by atoms with Gasteiger partial charge in [-0.3, -0.25) is 0 Å². The third-order valence-corrected chi connectivity index (χ3v) is 5.91. The van der Waals surface area contributed by atoms with Gasteiger partial charge in [-0.15, -0.1) is 0 Å². The second-order valence-electron chi connectivity index (χ2n) is 7.98. The normalized spacial score (nSPS) is 12.9. The quantitative estimate of drug-likeness (QED) is 0.326. The summed E-state index contributed by atoms with van der Waals surface area (Å²) in [5.41, 5.74) is 4.07. The van der Waals surface area contributed by atoms with Crippen LogP contribution < -0.4 is 0 Å². The first-order valence-electron chi connectivity index (χ1n) is 11.2. The lowest BCUT2D eigenvalue weighted by atomic mass is 9.81. The third-order valence-electron chi connectivity index (χ3n) is 5.91. The first-order chi connectivity index (χ1) is 13.5. The SMILES string of the molecule is CCCCCCCCC(c1ccc(CC)cc1)C(O)(O)c1ccc(CC)cc1. The highest BCUT2D eigenvalue weighted by atomic mass is 16.5. The van der Waals surface area contributed by atoms with Crippen LogP contribution in [-0.2, 0) is 18.6 Å². The van der Waals surface area contributed by atoms with Crippen molar-refractivity contribution in [3.8, 4) is 0 Å².